The molecule has 0 aromatic rings. The highest BCUT2D eigenvalue weighted by atomic mass is 28.4. The third-order valence-electron chi connectivity index (χ3n) is 4.06. The molecule has 0 spiro atoms. The third-order valence-corrected chi connectivity index (χ3v) is 6.89. The van der Waals surface area contributed by atoms with Crippen molar-refractivity contribution in [2.45, 2.75) is 77.2 Å². The SMILES string of the molecule is CCCCCCCCCCC(=O)OCCC[Si](OC)(OC)OC. The molecule has 0 radical (unpaired) electrons. The summed E-state index contributed by atoms with van der Waals surface area (Å²) in [4.78, 5) is 11.6. The summed E-state index contributed by atoms with van der Waals surface area (Å²) in [6.45, 7) is 2.63. The van der Waals surface area contributed by atoms with Crippen molar-refractivity contribution in [2.24, 2.45) is 0 Å². The Labute approximate surface area is 143 Å². The number of carbonyl (C=O) groups excluding carboxylic acids is 1. The van der Waals surface area contributed by atoms with Crippen LogP contribution in [0.4, 0.5) is 0 Å². The van der Waals surface area contributed by atoms with E-state index in [2.05, 4.69) is 6.92 Å². The first-order valence-corrected chi connectivity index (χ1v) is 10.9. The van der Waals surface area contributed by atoms with Crippen LogP contribution in [0.1, 0.15) is 71.1 Å². The van der Waals surface area contributed by atoms with Crippen LogP contribution in [-0.4, -0.2) is 42.7 Å². The van der Waals surface area contributed by atoms with E-state index in [0.29, 0.717) is 25.5 Å². The summed E-state index contributed by atoms with van der Waals surface area (Å²) >= 11 is 0. The molecule has 0 atom stereocenters. The standard InChI is InChI=1S/C17H36O5Si/c1-5-6-7-8-9-10-11-12-14-17(18)22-15-13-16-23(19-2,20-3)21-4/h5-16H2,1-4H3. The smallest absolute Gasteiger partial charge is 0.466 e. The minimum Gasteiger partial charge on any atom is -0.466 e. The summed E-state index contributed by atoms with van der Waals surface area (Å²) in [7, 11) is 2.24. The molecule has 0 aliphatic carbocycles. The molecule has 0 saturated carbocycles. The van der Waals surface area contributed by atoms with Crippen LogP contribution in [0.3, 0.4) is 0 Å². The van der Waals surface area contributed by atoms with Crippen LogP contribution in [0.25, 0.3) is 0 Å². The molecule has 0 aromatic carbocycles. The highest BCUT2D eigenvalue weighted by molar-refractivity contribution is 6.60. The second-order valence-electron chi connectivity index (χ2n) is 5.84. The van der Waals surface area contributed by atoms with Crippen LogP contribution in [0.2, 0.25) is 6.04 Å². The number of hydrogen-bond acceptors (Lipinski definition) is 5. The first-order valence-electron chi connectivity index (χ1n) is 8.95. The Morgan fingerprint density at radius 3 is 1.83 bits per heavy atom. The Morgan fingerprint density at radius 2 is 1.30 bits per heavy atom. The zero-order valence-corrected chi connectivity index (χ0v) is 16.5. The van der Waals surface area contributed by atoms with Gasteiger partial charge in [0.2, 0.25) is 0 Å². The van der Waals surface area contributed by atoms with Crippen molar-refractivity contribution < 1.29 is 22.8 Å². The average Bonchev–Trinajstić information content (AvgIpc) is 2.58. The van der Waals surface area contributed by atoms with Gasteiger partial charge in [-0.15, -0.1) is 0 Å². The fourth-order valence-electron chi connectivity index (χ4n) is 2.51. The van der Waals surface area contributed by atoms with E-state index in [4.69, 9.17) is 18.0 Å². The highest BCUT2D eigenvalue weighted by Crippen LogP contribution is 2.15. The van der Waals surface area contributed by atoms with Gasteiger partial charge in [0.05, 0.1) is 6.61 Å². The molecule has 0 amide bonds. The van der Waals surface area contributed by atoms with Gasteiger partial charge in [-0.05, 0) is 12.8 Å². The van der Waals surface area contributed by atoms with E-state index in [1.54, 1.807) is 21.3 Å². The van der Waals surface area contributed by atoms with E-state index in [9.17, 15) is 4.79 Å². The molecule has 0 rings (SSSR count). The minimum absolute atomic E-state index is 0.101. The first-order chi connectivity index (χ1) is 11.1. The molecule has 0 heterocycles. The number of esters is 1. The molecule has 138 valence electrons. The first kappa shape index (κ1) is 22.6. The van der Waals surface area contributed by atoms with E-state index < -0.39 is 8.80 Å². The van der Waals surface area contributed by atoms with E-state index in [0.717, 1.165) is 12.8 Å². The predicted molar refractivity (Wildman–Crippen MR) is 94.4 cm³/mol. The molecule has 0 bridgehead atoms. The van der Waals surface area contributed by atoms with Crippen molar-refractivity contribution in [1.82, 2.24) is 0 Å². The second kappa shape index (κ2) is 15.1. The molecule has 0 unspecified atom stereocenters. The minimum atomic E-state index is -2.53. The van der Waals surface area contributed by atoms with Gasteiger partial charge < -0.3 is 18.0 Å². The Morgan fingerprint density at radius 1 is 0.783 bits per heavy atom. The number of unbranched alkanes of at least 4 members (excludes halogenated alkanes) is 7. The van der Waals surface area contributed by atoms with E-state index in [-0.39, 0.29) is 5.97 Å². The molecular weight excluding hydrogens is 312 g/mol. The maximum absolute atomic E-state index is 11.6. The molecular formula is C17H36O5Si. The third kappa shape index (κ3) is 11.7. The van der Waals surface area contributed by atoms with Gasteiger partial charge in [0, 0.05) is 33.8 Å². The van der Waals surface area contributed by atoms with E-state index >= 15 is 0 Å². The van der Waals surface area contributed by atoms with Gasteiger partial charge in [0.15, 0.2) is 0 Å². The zero-order valence-electron chi connectivity index (χ0n) is 15.5. The zero-order chi connectivity index (χ0) is 17.4. The summed E-state index contributed by atoms with van der Waals surface area (Å²) in [5, 5.41) is 0. The monoisotopic (exact) mass is 348 g/mol. The van der Waals surface area contributed by atoms with Crippen molar-refractivity contribution in [3.63, 3.8) is 0 Å². The quantitative estimate of drug-likeness (QED) is 0.236. The van der Waals surface area contributed by atoms with Gasteiger partial charge >= 0.3 is 14.8 Å². The molecule has 23 heavy (non-hydrogen) atoms. The highest BCUT2D eigenvalue weighted by Gasteiger charge is 2.36. The maximum Gasteiger partial charge on any atom is 0.500 e. The molecule has 0 aliphatic rings. The van der Waals surface area contributed by atoms with Crippen LogP contribution in [0.5, 0.6) is 0 Å². The molecule has 6 heteroatoms. The molecule has 0 N–H and O–H groups in total. The summed E-state index contributed by atoms with van der Waals surface area (Å²) in [6, 6.07) is 0.654. The molecule has 0 fully saturated rings. The largest absolute Gasteiger partial charge is 0.500 e. The van der Waals surface area contributed by atoms with Crippen LogP contribution in [-0.2, 0) is 22.8 Å². The number of rotatable bonds is 16. The van der Waals surface area contributed by atoms with Crippen LogP contribution < -0.4 is 0 Å². The molecule has 0 saturated heterocycles. The van der Waals surface area contributed by atoms with Crippen LogP contribution in [0, 0.1) is 0 Å². The Balaban J connectivity index is 3.50. The number of hydrogen-bond donors (Lipinski definition) is 0. The fourth-order valence-corrected chi connectivity index (χ4v) is 4.20. The van der Waals surface area contributed by atoms with E-state index in [1.165, 1.54) is 38.5 Å². The normalized spacial score (nSPS) is 11.7. The Hall–Kier alpha value is -0.433. The van der Waals surface area contributed by atoms with Crippen molar-refractivity contribution in [3.8, 4) is 0 Å². The molecule has 0 aliphatic heterocycles. The summed E-state index contributed by atoms with van der Waals surface area (Å²) in [5.74, 6) is -0.101. The van der Waals surface area contributed by atoms with Crippen molar-refractivity contribution in [3.05, 3.63) is 0 Å². The van der Waals surface area contributed by atoms with Gasteiger partial charge in [0.1, 0.15) is 0 Å². The summed E-state index contributed by atoms with van der Waals surface area (Å²) in [5.41, 5.74) is 0. The summed E-state index contributed by atoms with van der Waals surface area (Å²) in [6.07, 6.45) is 11.1. The molecule has 0 aromatic heterocycles. The Bertz CT molecular complexity index is 274. The van der Waals surface area contributed by atoms with Crippen molar-refractivity contribution in [1.29, 1.82) is 0 Å². The van der Waals surface area contributed by atoms with E-state index in [1.807, 2.05) is 0 Å². The molecule has 5 nitrogen and oxygen atoms in total. The van der Waals surface area contributed by atoms with Gasteiger partial charge in [-0.2, -0.15) is 0 Å². The fraction of sp³-hybridized carbons (Fsp3) is 0.941. The number of carbonyl (C=O) groups is 1. The lowest BCUT2D eigenvalue weighted by atomic mass is 10.1. The van der Waals surface area contributed by atoms with Gasteiger partial charge in [-0.3, -0.25) is 4.79 Å². The average molecular weight is 349 g/mol. The van der Waals surface area contributed by atoms with Gasteiger partial charge in [-0.25, -0.2) is 0 Å². The second-order valence-corrected chi connectivity index (χ2v) is 8.94. The Kier molecular flexibility index (Phi) is 14.8. The number of ether oxygens (including phenoxy) is 1. The van der Waals surface area contributed by atoms with Crippen molar-refractivity contribution in [2.75, 3.05) is 27.9 Å². The van der Waals surface area contributed by atoms with Crippen LogP contribution >= 0.6 is 0 Å². The van der Waals surface area contributed by atoms with Gasteiger partial charge in [0.25, 0.3) is 0 Å². The lowest BCUT2D eigenvalue weighted by molar-refractivity contribution is -0.143. The van der Waals surface area contributed by atoms with Gasteiger partial charge in [-0.1, -0.05) is 51.9 Å². The van der Waals surface area contributed by atoms with Crippen molar-refractivity contribution >= 4 is 14.8 Å². The van der Waals surface area contributed by atoms with Crippen LogP contribution in [0.15, 0.2) is 0 Å². The topological polar surface area (TPSA) is 54.0 Å². The summed E-state index contributed by atoms with van der Waals surface area (Å²) < 4.78 is 21.2. The predicted octanol–water partition coefficient (Wildman–Crippen LogP) is 4.33. The maximum atomic E-state index is 11.6. The lowest BCUT2D eigenvalue weighted by Gasteiger charge is -2.24. The lowest BCUT2D eigenvalue weighted by Crippen LogP contribution is -2.42.